The van der Waals surface area contributed by atoms with Gasteiger partial charge in [-0.2, -0.15) is 0 Å². The molecular formula is C19H21IN4O3. The summed E-state index contributed by atoms with van der Waals surface area (Å²) in [5, 5.41) is 18.2. The molecule has 0 saturated heterocycles. The minimum absolute atomic E-state index is 0. The normalized spacial score (nSPS) is 11.1. The number of para-hydroxylation sites is 1. The van der Waals surface area contributed by atoms with Crippen molar-refractivity contribution in [3.8, 4) is 0 Å². The lowest BCUT2D eigenvalue weighted by atomic mass is 10.1. The molecule has 3 aromatic rings. The van der Waals surface area contributed by atoms with Crippen LogP contribution in [0.25, 0.3) is 11.0 Å². The number of nitrogens with zero attached hydrogens (tertiary/aromatic N) is 2. The molecule has 0 saturated carbocycles. The van der Waals surface area contributed by atoms with Crippen LogP contribution in [0.3, 0.4) is 0 Å². The molecule has 0 bridgehead atoms. The third-order valence-corrected chi connectivity index (χ3v) is 4.19. The summed E-state index contributed by atoms with van der Waals surface area (Å²) < 4.78 is 5.88. The van der Waals surface area contributed by atoms with Crippen molar-refractivity contribution in [1.82, 2.24) is 10.6 Å². The SMILES string of the molecule is CN=C(NCc1ccc([N+](=O)[O-])cc1)NCc1oc2ccccc2c1C.I. The number of non-ortho nitro benzene ring substituents is 1. The third kappa shape index (κ3) is 4.97. The third-order valence-electron chi connectivity index (χ3n) is 4.19. The van der Waals surface area contributed by atoms with Crippen LogP contribution in [0.15, 0.2) is 57.9 Å². The Morgan fingerprint density at radius 3 is 2.41 bits per heavy atom. The predicted molar refractivity (Wildman–Crippen MR) is 117 cm³/mol. The molecule has 3 rings (SSSR count). The van der Waals surface area contributed by atoms with Crippen molar-refractivity contribution in [3.63, 3.8) is 0 Å². The number of aliphatic imine (C=N–C) groups is 1. The number of rotatable bonds is 5. The van der Waals surface area contributed by atoms with E-state index in [0.29, 0.717) is 19.0 Å². The van der Waals surface area contributed by atoms with E-state index in [0.717, 1.165) is 27.9 Å². The molecule has 0 aliphatic heterocycles. The number of furan rings is 1. The topological polar surface area (TPSA) is 92.7 Å². The summed E-state index contributed by atoms with van der Waals surface area (Å²) in [6.45, 7) is 3.06. The Hall–Kier alpha value is -2.62. The minimum atomic E-state index is -0.409. The standard InChI is InChI=1S/C19H20N4O3.HI/c1-13-16-5-3-4-6-17(16)26-18(13)12-22-19(20-2)21-11-14-7-9-15(10-8-14)23(24)25;/h3-10H,11-12H2,1-2H3,(H2,20,21,22);1H. The second kappa shape index (κ2) is 9.36. The highest BCUT2D eigenvalue weighted by Gasteiger charge is 2.10. The highest BCUT2D eigenvalue weighted by atomic mass is 127. The number of nitro groups is 1. The molecule has 1 heterocycles. The van der Waals surface area contributed by atoms with E-state index in [1.54, 1.807) is 19.2 Å². The van der Waals surface area contributed by atoms with Crippen molar-refractivity contribution in [2.75, 3.05) is 7.05 Å². The molecule has 0 amide bonds. The number of halogens is 1. The highest BCUT2D eigenvalue weighted by molar-refractivity contribution is 14.0. The molecule has 1 aromatic heterocycles. The predicted octanol–water partition coefficient (Wildman–Crippen LogP) is 4.13. The van der Waals surface area contributed by atoms with Gasteiger partial charge in [0.1, 0.15) is 11.3 Å². The smallest absolute Gasteiger partial charge is 0.269 e. The first-order chi connectivity index (χ1) is 12.6. The van der Waals surface area contributed by atoms with Gasteiger partial charge in [0.05, 0.1) is 11.5 Å². The summed E-state index contributed by atoms with van der Waals surface area (Å²) in [6.07, 6.45) is 0. The number of guanidine groups is 1. The molecule has 2 N–H and O–H groups in total. The van der Waals surface area contributed by atoms with Crippen LogP contribution in [0.4, 0.5) is 5.69 Å². The van der Waals surface area contributed by atoms with E-state index in [4.69, 9.17) is 4.42 Å². The lowest BCUT2D eigenvalue weighted by molar-refractivity contribution is -0.384. The molecule has 0 spiro atoms. The Morgan fingerprint density at radius 1 is 1.11 bits per heavy atom. The molecule has 27 heavy (non-hydrogen) atoms. The van der Waals surface area contributed by atoms with Gasteiger partial charge in [-0.05, 0) is 18.6 Å². The Balaban J connectivity index is 0.00000261. The molecular weight excluding hydrogens is 459 g/mol. The van der Waals surface area contributed by atoms with E-state index in [-0.39, 0.29) is 29.7 Å². The number of aryl methyl sites for hydroxylation is 1. The van der Waals surface area contributed by atoms with Crippen molar-refractivity contribution in [2.45, 2.75) is 20.0 Å². The number of nitro benzene ring substituents is 1. The van der Waals surface area contributed by atoms with Crippen LogP contribution >= 0.6 is 24.0 Å². The van der Waals surface area contributed by atoms with Crippen LogP contribution in [-0.4, -0.2) is 17.9 Å². The van der Waals surface area contributed by atoms with E-state index < -0.39 is 4.92 Å². The summed E-state index contributed by atoms with van der Waals surface area (Å²) in [6, 6.07) is 14.4. The van der Waals surface area contributed by atoms with E-state index in [2.05, 4.69) is 15.6 Å². The fourth-order valence-electron chi connectivity index (χ4n) is 2.70. The van der Waals surface area contributed by atoms with Crippen molar-refractivity contribution in [2.24, 2.45) is 4.99 Å². The summed E-state index contributed by atoms with van der Waals surface area (Å²) in [5.41, 5.74) is 2.99. The van der Waals surface area contributed by atoms with Crippen molar-refractivity contribution in [3.05, 3.63) is 75.5 Å². The first-order valence-corrected chi connectivity index (χ1v) is 8.23. The monoisotopic (exact) mass is 480 g/mol. The maximum absolute atomic E-state index is 10.7. The number of hydrogen-bond acceptors (Lipinski definition) is 4. The molecule has 0 atom stereocenters. The molecule has 142 valence electrons. The van der Waals surface area contributed by atoms with Crippen LogP contribution in [0, 0.1) is 17.0 Å². The van der Waals surface area contributed by atoms with Crippen LogP contribution in [0.2, 0.25) is 0 Å². The fourth-order valence-corrected chi connectivity index (χ4v) is 2.70. The lowest BCUT2D eigenvalue weighted by Crippen LogP contribution is -2.36. The lowest BCUT2D eigenvalue weighted by Gasteiger charge is -2.11. The summed E-state index contributed by atoms with van der Waals surface area (Å²) in [7, 11) is 1.69. The van der Waals surface area contributed by atoms with Gasteiger partial charge in [-0.1, -0.05) is 30.3 Å². The molecule has 0 aliphatic rings. The van der Waals surface area contributed by atoms with Crippen LogP contribution in [0.1, 0.15) is 16.9 Å². The first kappa shape index (κ1) is 20.7. The first-order valence-electron chi connectivity index (χ1n) is 8.23. The second-order valence-electron chi connectivity index (χ2n) is 5.85. The zero-order chi connectivity index (χ0) is 18.5. The van der Waals surface area contributed by atoms with Crippen LogP contribution < -0.4 is 10.6 Å². The van der Waals surface area contributed by atoms with Gasteiger partial charge in [0, 0.05) is 36.7 Å². The molecule has 0 aliphatic carbocycles. The average Bonchev–Trinajstić information content (AvgIpc) is 2.98. The summed E-state index contributed by atoms with van der Waals surface area (Å²) in [5.74, 6) is 1.49. The van der Waals surface area contributed by atoms with Crippen molar-refractivity contribution < 1.29 is 9.34 Å². The van der Waals surface area contributed by atoms with E-state index in [9.17, 15) is 10.1 Å². The van der Waals surface area contributed by atoms with Gasteiger partial charge < -0.3 is 15.1 Å². The molecule has 0 fully saturated rings. The quantitative estimate of drug-likeness (QED) is 0.188. The van der Waals surface area contributed by atoms with Gasteiger partial charge in [-0.25, -0.2) is 0 Å². The maximum atomic E-state index is 10.7. The number of hydrogen-bond donors (Lipinski definition) is 2. The highest BCUT2D eigenvalue weighted by Crippen LogP contribution is 2.24. The van der Waals surface area contributed by atoms with Crippen LogP contribution in [-0.2, 0) is 13.1 Å². The zero-order valence-electron chi connectivity index (χ0n) is 15.1. The Labute approximate surface area is 174 Å². The molecule has 8 heteroatoms. The largest absolute Gasteiger partial charge is 0.459 e. The van der Waals surface area contributed by atoms with Gasteiger partial charge in [0.2, 0.25) is 0 Å². The van der Waals surface area contributed by atoms with Gasteiger partial charge in [0.25, 0.3) is 5.69 Å². The Kier molecular flexibility index (Phi) is 7.17. The minimum Gasteiger partial charge on any atom is -0.459 e. The second-order valence-corrected chi connectivity index (χ2v) is 5.85. The maximum Gasteiger partial charge on any atom is 0.269 e. The molecule has 7 nitrogen and oxygen atoms in total. The van der Waals surface area contributed by atoms with Gasteiger partial charge in [-0.15, -0.1) is 24.0 Å². The van der Waals surface area contributed by atoms with Crippen molar-refractivity contribution in [1.29, 1.82) is 0 Å². The average molecular weight is 480 g/mol. The summed E-state index contributed by atoms with van der Waals surface area (Å²) >= 11 is 0. The van der Waals surface area contributed by atoms with E-state index in [1.807, 2.05) is 31.2 Å². The number of fused-ring (bicyclic) bond motifs is 1. The van der Waals surface area contributed by atoms with Gasteiger partial charge in [-0.3, -0.25) is 15.1 Å². The Morgan fingerprint density at radius 2 is 1.78 bits per heavy atom. The fraction of sp³-hybridized carbons (Fsp3) is 0.211. The molecule has 2 aromatic carbocycles. The molecule has 0 radical (unpaired) electrons. The van der Waals surface area contributed by atoms with Crippen LogP contribution in [0.5, 0.6) is 0 Å². The number of nitrogens with one attached hydrogen (secondary N) is 2. The summed E-state index contributed by atoms with van der Waals surface area (Å²) in [4.78, 5) is 14.5. The van der Waals surface area contributed by atoms with E-state index in [1.165, 1.54) is 12.1 Å². The van der Waals surface area contributed by atoms with Crippen molar-refractivity contribution >= 4 is 46.6 Å². The number of benzene rings is 2. The zero-order valence-corrected chi connectivity index (χ0v) is 17.4. The molecule has 0 unspecified atom stereocenters. The van der Waals surface area contributed by atoms with E-state index >= 15 is 0 Å². The van der Waals surface area contributed by atoms with Gasteiger partial charge in [0.15, 0.2) is 5.96 Å². The Bertz CT molecular complexity index is 951. The van der Waals surface area contributed by atoms with Gasteiger partial charge >= 0.3 is 0 Å².